The Balaban J connectivity index is 2.32. The number of rotatable bonds is 3. The first-order chi connectivity index (χ1) is 8.63. The molecule has 1 aromatic carbocycles. The fourth-order valence-corrected chi connectivity index (χ4v) is 2.51. The molecular formula is C15H21NO2. The van der Waals surface area contributed by atoms with Gasteiger partial charge in [-0.25, -0.2) is 0 Å². The Morgan fingerprint density at radius 2 is 2.28 bits per heavy atom. The molecule has 1 aliphatic rings. The van der Waals surface area contributed by atoms with E-state index in [1.807, 2.05) is 0 Å². The molecule has 0 aliphatic carbocycles. The first-order valence-corrected chi connectivity index (χ1v) is 6.59. The minimum Gasteiger partial charge on any atom is -0.493 e. The Kier molecular flexibility index (Phi) is 3.90. The number of carbonyl (C=O) groups is 1. The van der Waals surface area contributed by atoms with Gasteiger partial charge in [-0.15, -0.1) is 0 Å². The van der Waals surface area contributed by atoms with E-state index >= 15 is 0 Å². The predicted octanol–water partition coefficient (Wildman–Crippen LogP) is 2.81. The van der Waals surface area contributed by atoms with Crippen molar-refractivity contribution in [3.05, 3.63) is 29.3 Å². The zero-order valence-corrected chi connectivity index (χ0v) is 11.3. The van der Waals surface area contributed by atoms with Gasteiger partial charge in [0.05, 0.1) is 6.61 Å². The number of nitrogens with one attached hydrogen (secondary N) is 1. The minimum atomic E-state index is 0.0998. The lowest BCUT2D eigenvalue weighted by Crippen LogP contribution is -2.24. The van der Waals surface area contributed by atoms with E-state index in [4.69, 9.17) is 4.74 Å². The van der Waals surface area contributed by atoms with Crippen LogP contribution in [-0.2, 0) is 4.79 Å². The Labute approximate surface area is 109 Å². The van der Waals surface area contributed by atoms with E-state index in [1.165, 1.54) is 11.1 Å². The number of amides is 1. The van der Waals surface area contributed by atoms with E-state index in [0.717, 1.165) is 12.2 Å². The normalized spacial score (nSPS) is 18.1. The highest BCUT2D eigenvalue weighted by molar-refractivity contribution is 5.76. The van der Waals surface area contributed by atoms with Crippen LogP contribution < -0.4 is 10.1 Å². The summed E-state index contributed by atoms with van der Waals surface area (Å²) in [7, 11) is 1.69. The first-order valence-electron chi connectivity index (χ1n) is 6.59. The molecule has 0 spiro atoms. The van der Waals surface area contributed by atoms with Crippen LogP contribution in [0.4, 0.5) is 0 Å². The second-order valence-corrected chi connectivity index (χ2v) is 5.13. The van der Waals surface area contributed by atoms with Crippen LogP contribution in [0, 0.1) is 0 Å². The van der Waals surface area contributed by atoms with Crippen LogP contribution in [0.2, 0.25) is 0 Å². The van der Waals surface area contributed by atoms with E-state index < -0.39 is 0 Å². The number of hydrogen-bond acceptors (Lipinski definition) is 2. The average Bonchev–Trinajstić information content (AvgIpc) is 2.38. The molecule has 0 bridgehead atoms. The Bertz CT molecular complexity index is 440. The molecule has 1 heterocycles. The molecule has 0 saturated carbocycles. The van der Waals surface area contributed by atoms with Crippen LogP contribution in [-0.4, -0.2) is 19.6 Å². The molecule has 1 aromatic rings. The van der Waals surface area contributed by atoms with Crippen LogP contribution >= 0.6 is 0 Å². The SMILES string of the molecule is CNC(=O)CC1CCOc2c(C(C)C)cccc21. The van der Waals surface area contributed by atoms with Crippen molar-refractivity contribution in [2.45, 2.75) is 38.5 Å². The average molecular weight is 247 g/mol. The molecule has 0 fully saturated rings. The zero-order valence-electron chi connectivity index (χ0n) is 11.3. The van der Waals surface area contributed by atoms with Crippen LogP contribution in [0.1, 0.15) is 49.7 Å². The topological polar surface area (TPSA) is 38.3 Å². The highest BCUT2D eigenvalue weighted by Gasteiger charge is 2.25. The smallest absolute Gasteiger partial charge is 0.220 e. The van der Waals surface area contributed by atoms with Crippen molar-refractivity contribution < 1.29 is 9.53 Å². The van der Waals surface area contributed by atoms with E-state index in [-0.39, 0.29) is 11.8 Å². The van der Waals surface area contributed by atoms with Crippen molar-refractivity contribution >= 4 is 5.91 Å². The summed E-state index contributed by atoms with van der Waals surface area (Å²) in [5, 5.41) is 2.70. The maximum Gasteiger partial charge on any atom is 0.220 e. The molecule has 1 unspecified atom stereocenters. The van der Waals surface area contributed by atoms with Crippen molar-refractivity contribution in [2.75, 3.05) is 13.7 Å². The fraction of sp³-hybridized carbons (Fsp3) is 0.533. The summed E-state index contributed by atoms with van der Waals surface area (Å²) in [6.07, 6.45) is 1.47. The molecule has 0 radical (unpaired) electrons. The summed E-state index contributed by atoms with van der Waals surface area (Å²) in [4.78, 5) is 11.6. The monoisotopic (exact) mass is 247 g/mol. The van der Waals surface area contributed by atoms with E-state index in [9.17, 15) is 4.79 Å². The summed E-state index contributed by atoms with van der Waals surface area (Å²) >= 11 is 0. The van der Waals surface area contributed by atoms with Gasteiger partial charge in [0, 0.05) is 13.5 Å². The Morgan fingerprint density at radius 3 is 2.94 bits per heavy atom. The number of para-hydroxylation sites is 1. The Morgan fingerprint density at radius 1 is 1.50 bits per heavy atom. The van der Waals surface area contributed by atoms with Gasteiger partial charge < -0.3 is 10.1 Å². The minimum absolute atomic E-state index is 0.0998. The van der Waals surface area contributed by atoms with Crippen LogP contribution in [0.15, 0.2) is 18.2 Å². The third-order valence-corrected chi connectivity index (χ3v) is 3.56. The van der Waals surface area contributed by atoms with Crippen molar-refractivity contribution in [3.8, 4) is 5.75 Å². The van der Waals surface area contributed by atoms with Gasteiger partial charge in [0.15, 0.2) is 0 Å². The summed E-state index contributed by atoms with van der Waals surface area (Å²) in [6.45, 7) is 5.04. The van der Waals surface area contributed by atoms with Gasteiger partial charge in [-0.2, -0.15) is 0 Å². The molecule has 1 aliphatic heterocycles. The number of hydrogen-bond donors (Lipinski definition) is 1. The number of fused-ring (bicyclic) bond motifs is 1. The van der Waals surface area contributed by atoms with Crippen LogP contribution in [0.3, 0.4) is 0 Å². The second-order valence-electron chi connectivity index (χ2n) is 5.13. The maximum absolute atomic E-state index is 11.6. The van der Waals surface area contributed by atoms with Crippen molar-refractivity contribution in [1.82, 2.24) is 5.32 Å². The van der Waals surface area contributed by atoms with Gasteiger partial charge in [0.1, 0.15) is 5.75 Å². The lowest BCUT2D eigenvalue weighted by Gasteiger charge is -2.28. The van der Waals surface area contributed by atoms with Gasteiger partial charge in [-0.3, -0.25) is 4.79 Å². The molecule has 1 amide bonds. The maximum atomic E-state index is 11.6. The van der Waals surface area contributed by atoms with Crippen LogP contribution in [0.5, 0.6) is 5.75 Å². The number of carbonyl (C=O) groups excluding carboxylic acids is 1. The van der Waals surface area contributed by atoms with Crippen LogP contribution in [0.25, 0.3) is 0 Å². The molecule has 0 saturated heterocycles. The van der Waals surface area contributed by atoms with Gasteiger partial charge >= 0.3 is 0 Å². The standard InChI is InChI=1S/C15H21NO2/c1-10(2)12-5-4-6-13-11(9-14(17)16-3)7-8-18-15(12)13/h4-6,10-11H,7-9H2,1-3H3,(H,16,17). The van der Waals surface area contributed by atoms with Gasteiger partial charge in [0.25, 0.3) is 0 Å². The molecule has 98 valence electrons. The van der Waals surface area contributed by atoms with Gasteiger partial charge in [-0.05, 0) is 29.4 Å². The fourth-order valence-electron chi connectivity index (χ4n) is 2.51. The highest BCUT2D eigenvalue weighted by Crippen LogP contribution is 2.40. The summed E-state index contributed by atoms with van der Waals surface area (Å²) in [6, 6.07) is 6.28. The third kappa shape index (κ3) is 2.50. The van der Waals surface area contributed by atoms with E-state index in [0.29, 0.717) is 18.9 Å². The quantitative estimate of drug-likeness (QED) is 0.892. The van der Waals surface area contributed by atoms with Crippen molar-refractivity contribution in [2.24, 2.45) is 0 Å². The molecule has 3 heteroatoms. The molecule has 18 heavy (non-hydrogen) atoms. The van der Waals surface area contributed by atoms with E-state index in [2.05, 4.69) is 37.4 Å². The lowest BCUT2D eigenvalue weighted by atomic mass is 9.86. The number of ether oxygens (including phenoxy) is 1. The zero-order chi connectivity index (χ0) is 13.1. The third-order valence-electron chi connectivity index (χ3n) is 3.56. The molecule has 1 atom stereocenters. The summed E-state index contributed by atoms with van der Waals surface area (Å²) < 4.78 is 5.83. The largest absolute Gasteiger partial charge is 0.493 e. The highest BCUT2D eigenvalue weighted by atomic mass is 16.5. The second kappa shape index (κ2) is 5.42. The first kappa shape index (κ1) is 12.9. The van der Waals surface area contributed by atoms with Gasteiger partial charge in [0.2, 0.25) is 5.91 Å². The molecule has 3 nitrogen and oxygen atoms in total. The summed E-state index contributed by atoms with van der Waals surface area (Å²) in [5.41, 5.74) is 2.44. The molecule has 1 N–H and O–H groups in total. The lowest BCUT2D eigenvalue weighted by molar-refractivity contribution is -0.121. The molecular weight excluding hydrogens is 226 g/mol. The summed E-state index contributed by atoms with van der Waals surface area (Å²) in [5.74, 6) is 1.83. The van der Waals surface area contributed by atoms with Crippen molar-refractivity contribution in [3.63, 3.8) is 0 Å². The Hall–Kier alpha value is -1.51. The molecule has 2 rings (SSSR count). The van der Waals surface area contributed by atoms with E-state index in [1.54, 1.807) is 7.05 Å². The van der Waals surface area contributed by atoms with Crippen molar-refractivity contribution in [1.29, 1.82) is 0 Å². The predicted molar refractivity (Wildman–Crippen MR) is 72.1 cm³/mol. The number of benzene rings is 1. The molecule has 0 aromatic heterocycles. The van der Waals surface area contributed by atoms with Gasteiger partial charge in [-0.1, -0.05) is 32.0 Å².